The summed E-state index contributed by atoms with van der Waals surface area (Å²) >= 11 is 0. The maximum Gasteiger partial charge on any atom is 0.251 e. The summed E-state index contributed by atoms with van der Waals surface area (Å²) in [4.78, 5) is 14.6. The molecule has 0 spiro atoms. The maximum absolute atomic E-state index is 12.4. The quantitative estimate of drug-likeness (QED) is 0.641. The van der Waals surface area contributed by atoms with Crippen LogP contribution in [0.4, 0.5) is 5.69 Å². The van der Waals surface area contributed by atoms with Crippen LogP contribution < -0.4 is 19.7 Å². The molecule has 0 atom stereocenters. The van der Waals surface area contributed by atoms with Crippen molar-refractivity contribution in [2.75, 3.05) is 38.3 Å². The topological polar surface area (TPSA) is 50.8 Å². The number of amides is 1. The molecule has 2 aromatic rings. The second-order valence-electron chi connectivity index (χ2n) is 6.39. The van der Waals surface area contributed by atoms with Gasteiger partial charge < -0.3 is 19.7 Å². The van der Waals surface area contributed by atoms with Gasteiger partial charge >= 0.3 is 0 Å². The lowest BCUT2D eigenvalue weighted by Gasteiger charge is -2.19. The molecule has 5 nitrogen and oxygen atoms in total. The Balaban J connectivity index is 1.84. The SMILES string of the molecule is CCOc1ccc(C(=O)NCCCN(C)c2ccc(C)cc2)cc1OCC. The summed E-state index contributed by atoms with van der Waals surface area (Å²) in [6.07, 6.45) is 0.867. The molecule has 27 heavy (non-hydrogen) atoms. The van der Waals surface area contributed by atoms with Crippen molar-refractivity contribution in [2.45, 2.75) is 27.2 Å². The molecule has 146 valence electrons. The number of hydrogen-bond donors (Lipinski definition) is 1. The van der Waals surface area contributed by atoms with E-state index >= 15 is 0 Å². The first-order chi connectivity index (χ1) is 13.0. The first-order valence-electron chi connectivity index (χ1n) is 9.50. The van der Waals surface area contributed by atoms with Gasteiger partial charge in [0.15, 0.2) is 11.5 Å². The van der Waals surface area contributed by atoms with Crippen molar-refractivity contribution < 1.29 is 14.3 Å². The second-order valence-corrected chi connectivity index (χ2v) is 6.39. The zero-order chi connectivity index (χ0) is 19.6. The summed E-state index contributed by atoms with van der Waals surface area (Å²) < 4.78 is 11.1. The van der Waals surface area contributed by atoms with Gasteiger partial charge in [-0.25, -0.2) is 0 Å². The maximum atomic E-state index is 12.4. The van der Waals surface area contributed by atoms with Crippen molar-refractivity contribution in [3.8, 4) is 11.5 Å². The van der Waals surface area contributed by atoms with Gasteiger partial charge in [0, 0.05) is 31.4 Å². The Morgan fingerprint density at radius 1 is 1.00 bits per heavy atom. The number of benzene rings is 2. The van der Waals surface area contributed by atoms with E-state index in [0.29, 0.717) is 36.8 Å². The molecule has 0 aromatic heterocycles. The Bertz CT molecular complexity index is 729. The molecule has 0 saturated carbocycles. The molecular formula is C22H30N2O3. The third-order valence-corrected chi connectivity index (χ3v) is 4.24. The average Bonchev–Trinajstić information content (AvgIpc) is 2.67. The molecule has 0 bridgehead atoms. The van der Waals surface area contributed by atoms with E-state index in [0.717, 1.165) is 13.0 Å². The highest BCUT2D eigenvalue weighted by molar-refractivity contribution is 5.94. The van der Waals surface area contributed by atoms with Crippen molar-refractivity contribution in [1.29, 1.82) is 0 Å². The number of nitrogens with zero attached hydrogens (tertiary/aromatic N) is 1. The van der Waals surface area contributed by atoms with E-state index in [4.69, 9.17) is 9.47 Å². The number of aryl methyl sites for hydroxylation is 1. The van der Waals surface area contributed by atoms with Crippen molar-refractivity contribution in [3.63, 3.8) is 0 Å². The molecule has 0 radical (unpaired) electrons. The zero-order valence-electron chi connectivity index (χ0n) is 16.7. The lowest BCUT2D eigenvalue weighted by Crippen LogP contribution is -2.28. The first kappa shape index (κ1) is 20.6. The Kier molecular flexibility index (Phi) is 7.99. The predicted octanol–water partition coefficient (Wildman–Crippen LogP) is 4.05. The molecule has 2 aromatic carbocycles. The van der Waals surface area contributed by atoms with Crippen LogP contribution in [0.1, 0.15) is 36.2 Å². The molecule has 0 aliphatic heterocycles. The summed E-state index contributed by atoms with van der Waals surface area (Å²) in [6, 6.07) is 13.7. The molecule has 5 heteroatoms. The van der Waals surface area contributed by atoms with E-state index in [1.807, 2.05) is 13.8 Å². The summed E-state index contributed by atoms with van der Waals surface area (Å²) in [5, 5.41) is 2.97. The lowest BCUT2D eigenvalue weighted by atomic mass is 10.2. The highest BCUT2D eigenvalue weighted by Gasteiger charge is 2.11. The number of carbonyl (C=O) groups excluding carboxylic acids is 1. The molecular weight excluding hydrogens is 340 g/mol. The molecule has 0 saturated heterocycles. The predicted molar refractivity (Wildman–Crippen MR) is 110 cm³/mol. The Morgan fingerprint density at radius 3 is 2.33 bits per heavy atom. The van der Waals surface area contributed by atoms with E-state index in [9.17, 15) is 4.79 Å². The molecule has 0 aliphatic rings. The standard InChI is InChI=1S/C22H30N2O3/c1-5-26-20-13-10-18(16-21(20)27-6-2)22(25)23-14-7-15-24(4)19-11-8-17(3)9-12-19/h8-13,16H,5-7,14-15H2,1-4H3,(H,23,25). The van der Waals surface area contributed by atoms with Crippen molar-refractivity contribution in [3.05, 3.63) is 53.6 Å². The third kappa shape index (κ3) is 6.20. The van der Waals surface area contributed by atoms with Crippen LogP contribution in [0.25, 0.3) is 0 Å². The van der Waals surface area contributed by atoms with E-state index < -0.39 is 0 Å². The fourth-order valence-corrected chi connectivity index (χ4v) is 2.74. The molecule has 2 rings (SSSR count). The normalized spacial score (nSPS) is 10.4. The molecule has 0 heterocycles. The van der Waals surface area contributed by atoms with Crippen LogP contribution in [0.2, 0.25) is 0 Å². The summed E-state index contributed by atoms with van der Waals surface area (Å²) in [7, 11) is 2.06. The fraction of sp³-hybridized carbons (Fsp3) is 0.409. The van der Waals surface area contributed by atoms with Crippen LogP contribution in [-0.2, 0) is 0 Å². The minimum atomic E-state index is -0.100. The van der Waals surface area contributed by atoms with Gasteiger partial charge in [-0.1, -0.05) is 17.7 Å². The third-order valence-electron chi connectivity index (χ3n) is 4.24. The molecule has 0 aliphatic carbocycles. The van der Waals surface area contributed by atoms with E-state index in [2.05, 4.69) is 48.5 Å². The Labute approximate surface area is 162 Å². The fourth-order valence-electron chi connectivity index (χ4n) is 2.74. The van der Waals surface area contributed by atoms with E-state index in [1.165, 1.54) is 11.3 Å². The van der Waals surface area contributed by atoms with Gasteiger partial charge in [0.2, 0.25) is 0 Å². The smallest absolute Gasteiger partial charge is 0.251 e. The van der Waals surface area contributed by atoms with Crippen LogP contribution in [0, 0.1) is 6.92 Å². The van der Waals surface area contributed by atoms with Gasteiger partial charge in [0.25, 0.3) is 5.91 Å². The van der Waals surface area contributed by atoms with Gasteiger partial charge in [-0.2, -0.15) is 0 Å². The van der Waals surface area contributed by atoms with Crippen LogP contribution in [0.3, 0.4) is 0 Å². The Morgan fingerprint density at radius 2 is 1.67 bits per heavy atom. The lowest BCUT2D eigenvalue weighted by molar-refractivity contribution is 0.0953. The van der Waals surface area contributed by atoms with Crippen molar-refractivity contribution in [1.82, 2.24) is 5.32 Å². The van der Waals surface area contributed by atoms with Crippen LogP contribution in [-0.4, -0.2) is 39.3 Å². The Hall–Kier alpha value is -2.69. The van der Waals surface area contributed by atoms with E-state index in [1.54, 1.807) is 18.2 Å². The van der Waals surface area contributed by atoms with Gasteiger partial charge in [0.05, 0.1) is 13.2 Å². The number of nitrogens with one attached hydrogen (secondary N) is 1. The van der Waals surface area contributed by atoms with Crippen LogP contribution in [0.5, 0.6) is 11.5 Å². The highest BCUT2D eigenvalue weighted by Crippen LogP contribution is 2.28. The number of hydrogen-bond acceptors (Lipinski definition) is 4. The number of carbonyl (C=O) groups is 1. The average molecular weight is 370 g/mol. The van der Waals surface area contributed by atoms with Crippen LogP contribution >= 0.6 is 0 Å². The van der Waals surface area contributed by atoms with E-state index in [-0.39, 0.29) is 5.91 Å². The van der Waals surface area contributed by atoms with Gasteiger partial charge in [-0.15, -0.1) is 0 Å². The monoisotopic (exact) mass is 370 g/mol. The van der Waals surface area contributed by atoms with Crippen LogP contribution in [0.15, 0.2) is 42.5 Å². The zero-order valence-corrected chi connectivity index (χ0v) is 16.7. The summed E-state index contributed by atoms with van der Waals surface area (Å²) in [5.74, 6) is 1.17. The van der Waals surface area contributed by atoms with Crippen molar-refractivity contribution in [2.24, 2.45) is 0 Å². The first-order valence-corrected chi connectivity index (χ1v) is 9.50. The van der Waals surface area contributed by atoms with Gasteiger partial charge in [0.1, 0.15) is 0 Å². The molecule has 1 N–H and O–H groups in total. The largest absolute Gasteiger partial charge is 0.490 e. The number of anilines is 1. The number of ether oxygens (including phenoxy) is 2. The van der Waals surface area contributed by atoms with Gasteiger partial charge in [-0.3, -0.25) is 4.79 Å². The molecule has 0 unspecified atom stereocenters. The molecule has 0 fully saturated rings. The van der Waals surface area contributed by atoms with Crippen molar-refractivity contribution >= 4 is 11.6 Å². The van der Waals surface area contributed by atoms with Gasteiger partial charge in [-0.05, 0) is 57.5 Å². The summed E-state index contributed by atoms with van der Waals surface area (Å²) in [5.41, 5.74) is 3.01. The molecule has 1 amide bonds. The minimum absolute atomic E-state index is 0.100. The second kappa shape index (κ2) is 10.5. The minimum Gasteiger partial charge on any atom is -0.490 e. The summed E-state index contributed by atoms with van der Waals surface area (Å²) in [6.45, 7) is 8.48. The highest BCUT2D eigenvalue weighted by atomic mass is 16.5. The number of rotatable bonds is 10.